The number of hydrogen-bond acceptors (Lipinski definition) is 6. The highest BCUT2D eigenvalue weighted by molar-refractivity contribution is 9.10. The number of ether oxygens (including phenoxy) is 1. The molecule has 3 rings (SSSR count). The number of halogens is 1. The Labute approximate surface area is 230 Å². The maximum atomic E-state index is 13.0. The first-order valence-corrected chi connectivity index (χ1v) is 15.1. The topological polar surface area (TPSA) is 105 Å². The van der Waals surface area contributed by atoms with Crippen molar-refractivity contribution >= 4 is 60.4 Å². The van der Waals surface area contributed by atoms with E-state index in [9.17, 15) is 18.0 Å². The molecule has 1 N–H and O–H groups in total. The molecule has 2 aromatic carbocycles. The van der Waals surface area contributed by atoms with E-state index in [1.807, 2.05) is 0 Å². The van der Waals surface area contributed by atoms with E-state index < -0.39 is 21.2 Å². The van der Waals surface area contributed by atoms with Crippen LogP contribution >= 0.6 is 27.7 Å². The molecular formula is C26H30BrN3O5S2. The van der Waals surface area contributed by atoms with E-state index in [1.165, 1.54) is 36.0 Å². The number of hydrogen-bond donors (Lipinski definition) is 1. The molecule has 0 saturated carbocycles. The number of anilines is 1. The summed E-state index contributed by atoms with van der Waals surface area (Å²) < 4.78 is 35.9. The summed E-state index contributed by atoms with van der Waals surface area (Å²) in [5, 5.41) is 2.00. The van der Waals surface area contributed by atoms with Crippen molar-refractivity contribution in [2.45, 2.75) is 49.2 Å². The molecule has 0 radical (unpaired) electrons. The Balaban J connectivity index is 1.62. The molecule has 37 heavy (non-hydrogen) atoms. The summed E-state index contributed by atoms with van der Waals surface area (Å²) in [5.74, 6) is -0.0322. The molecule has 1 atom stereocenters. The minimum absolute atomic E-state index is 0.00406. The van der Waals surface area contributed by atoms with Gasteiger partial charge in [0.15, 0.2) is 5.17 Å². The van der Waals surface area contributed by atoms with E-state index in [-0.39, 0.29) is 28.9 Å². The molecule has 1 heterocycles. The molecule has 198 valence electrons. The summed E-state index contributed by atoms with van der Waals surface area (Å²) in [7, 11) is -4.05. The van der Waals surface area contributed by atoms with Gasteiger partial charge in [0.1, 0.15) is 11.0 Å². The van der Waals surface area contributed by atoms with Crippen molar-refractivity contribution in [3.05, 3.63) is 65.7 Å². The standard InChI is InChI=1S/C26H30BrN3O5S2/c1-3-5-6-7-17-35-21-12-10-20(11-13-21)28-24(31)18-23-25(32)30(16-4-2)26(36-23)29-37(33,34)22-14-8-19(27)9-15-22/h4,8-15,23H,2-3,5-7,16-18H2,1H3,(H,28,31)/b29-26+. The Bertz CT molecular complexity index is 1230. The van der Waals surface area contributed by atoms with Gasteiger partial charge in [-0.15, -0.1) is 11.0 Å². The van der Waals surface area contributed by atoms with E-state index in [1.54, 1.807) is 36.4 Å². The van der Waals surface area contributed by atoms with Crippen LogP contribution in [0, 0.1) is 0 Å². The maximum Gasteiger partial charge on any atom is 0.284 e. The third kappa shape index (κ3) is 8.44. The summed E-state index contributed by atoms with van der Waals surface area (Å²) in [6.45, 7) is 6.53. The van der Waals surface area contributed by atoms with Gasteiger partial charge in [0.25, 0.3) is 10.0 Å². The fourth-order valence-electron chi connectivity index (χ4n) is 3.50. The van der Waals surface area contributed by atoms with Crippen LogP contribution in [0.25, 0.3) is 0 Å². The highest BCUT2D eigenvalue weighted by atomic mass is 79.9. The Morgan fingerprint density at radius 3 is 2.51 bits per heavy atom. The molecule has 0 bridgehead atoms. The smallest absolute Gasteiger partial charge is 0.284 e. The monoisotopic (exact) mass is 607 g/mol. The average molecular weight is 609 g/mol. The number of carbonyl (C=O) groups excluding carboxylic acids is 2. The number of nitrogens with zero attached hydrogens (tertiary/aromatic N) is 2. The lowest BCUT2D eigenvalue weighted by atomic mass is 10.2. The van der Waals surface area contributed by atoms with Gasteiger partial charge in [-0.3, -0.25) is 14.5 Å². The first kappa shape index (κ1) is 28.9. The van der Waals surface area contributed by atoms with Crippen molar-refractivity contribution < 1.29 is 22.7 Å². The van der Waals surface area contributed by atoms with Gasteiger partial charge in [0, 0.05) is 23.1 Å². The van der Waals surface area contributed by atoms with Crippen molar-refractivity contribution in [1.82, 2.24) is 4.90 Å². The molecule has 1 unspecified atom stereocenters. The number of rotatable bonds is 13. The number of unbranched alkanes of at least 4 members (excludes halogenated alkanes) is 3. The fraction of sp³-hybridized carbons (Fsp3) is 0.346. The zero-order valence-electron chi connectivity index (χ0n) is 20.6. The number of sulfonamides is 1. The number of amidine groups is 1. The summed E-state index contributed by atoms with van der Waals surface area (Å²) in [5.41, 5.74) is 0.577. The lowest BCUT2D eigenvalue weighted by Crippen LogP contribution is -2.33. The first-order valence-electron chi connectivity index (χ1n) is 12.0. The van der Waals surface area contributed by atoms with Gasteiger partial charge < -0.3 is 10.1 Å². The van der Waals surface area contributed by atoms with Gasteiger partial charge in [0.05, 0.1) is 11.5 Å². The van der Waals surface area contributed by atoms with Crippen LogP contribution in [-0.4, -0.2) is 48.7 Å². The molecule has 0 aromatic heterocycles. The van der Waals surface area contributed by atoms with Crippen LogP contribution in [0.2, 0.25) is 0 Å². The quantitative estimate of drug-likeness (QED) is 0.234. The summed E-state index contributed by atoms with van der Waals surface area (Å²) in [6, 6.07) is 13.1. The number of amides is 2. The molecule has 2 amide bonds. The highest BCUT2D eigenvalue weighted by Gasteiger charge is 2.39. The van der Waals surface area contributed by atoms with Crippen molar-refractivity contribution in [2.75, 3.05) is 18.5 Å². The van der Waals surface area contributed by atoms with Crippen LogP contribution in [0.3, 0.4) is 0 Å². The SMILES string of the molecule is C=CCN1C(=O)C(CC(=O)Nc2ccc(OCCCCCC)cc2)S/C1=N/S(=O)(=O)c1ccc(Br)cc1. The van der Waals surface area contributed by atoms with Gasteiger partial charge >= 0.3 is 0 Å². The van der Waals surface area contributed by atoms with Crippen LogP contribution in [0.15, 0.2) is 75.0 Å². The molecule has 8 nitrogen and oxygen atoms in total. The highest BCUT2D eigenvalue weighted by Crippen LogP contribution is 2.31. The summed E-state index contributed by atoms with van der Waals surface area (Å²) in [6.07, 6.45) is 5.84. The molecule has 2 aromatic rings. The molecule has 0 spiro atoms. The molecule has 0 aliphatic carbocycles. The zero-order valence-corrected chi connectivity index (χ0v) is 23.8. The molecule has 1 fully saturated rings. The van der Waals surface area contributed by atoms with Gasteiger partial charge in [-0.2, -0.15) is 8.42 Å². The number of benzene rings is 2. The number of nitrogens with one attached hydrogen (secondary N) is 1. The number of carbonyl (C=O) groups is 2. The molecular weight excluding hydrogens is 578 g/mol. The molecule has 1 aliphatic rings. The molecule has 11 heteroatoms. The van der Waals surface area contributed by atoms with Crippen molar-refractivity contribution in [2.24, 2.45) is 4.40 Å². The lowest BCUT2D eigenvalue weighted by Gasteiger charge is -2.13. The van der Waals surface area contributed by atoms with Crippen molar-refractivity contribution in [3.8, 4) is 5.75 Å². The predicted octanol–water partition coefficient (Wildman–Crippen LogP) is 5.61. The van der Waals surface area contributed by atoms with E-state index in [0.717, 1.165) is 34.8 Å². The summed E-state index contributed by atoms with van der Waals surface area (Å²) >= 11 is 4.23. The van der Waals surface area contributed by atoms with Crippen LogP contribution in [0.4, 0.5) is 5.69 Å². The number of thioether (sulfide) groups is 1. The normalized spacial score (nSPS) is 16.7. The van der Waals surface area contributed by atoms with Gasteiger partial charge in [-0.25, -0.2) is 0 Å². The molecule has 1 saturated heterocycles. The van der Waals surface area contributed by atoms with E-state index in [4.69, 9.17) is 4.74 Å². The second-order valence-electron chi connectivity index (χ2n) is 8.33. The van der Waals surface area contributed by atoms with Crippen molar-refractivity contribution in [3.63, 3.8) is 0 Å². The first-order chi connectivity index (χ1) is 17.7. The predicted molar refractivity (Wildman–Crippen MR) is 151 cm³/mol. The Morgan fingerprint density at radius 1 is 1.16 bits per heavy atom. The average Bonchev–Trinajstić information content (AvgIpc) is 3.13. The van der Waals surface area contributed by atoms with Gasteiger partial charge in [0.2, 0.25) is 11.8 Å². The third-order valence-electron chi connectivity index (χ3n) is 5.42. The molecule has 1 aliphatic heterocycles. The van der Waals surface area contributed by atoms with Crippen LogP contribution in [-0.2, 0) is 19.6 Å². The van der Waals surface area contributed by atoms with E-state index >= 15 is 0 Å². The summed E-state index contributed by atoms with van der Waals surface area (Å²) in [4.78, 5) is 26.9. The minimum atomic E-state index is -4.05. The van der Waals surface area contributed by atoms with E-state index in [2.05, 4.69) is 39.1 Å². The maximum absolute atomic E-state index is 13.0. The Kier molecular flexibility index (Phi) is 10.8. The van der Waals surface area contributed by atoms with Crippen LogP contribution < -0.4 is 10.1 Å². The van der Waals surface area contributed by atoms with Gasteiger partial charge in [-0.05, 0) is 55.0 Å². The van der Waals surface area contributed by atoms with Crippen LogP contribution in [0.5, 0.6) is 5.75 Å². The lowest BCUT2D eigenvalue weighted by molar-refractivity contribution is -0.127. The Morgan fingerprint density at radius 2 is 1.86 bits per heavy atom. The van der Waals surface area contributed by atoms with Gasteiger partial charge in [-0.1, -0.05) is 60.0 Å². The zero-order chi connectivity index (χ0) is 26.8. The second-order valence-corrected chi connectivity index (χ2v) is 12.0. The fourth-order valence-corrected chi connectivity index (χ4v) is 6.13. The Hall–Kier alpha value is -2.63. The van der Waals surface area contributed by atoms with Crippen LogP contribution in [0.1, 0.15) is 39.0 Å². The van der Waals surface area contributed by atoms with Crippen molar-refractivity contribution in [1.29, 1.82) is 0 Å². The second kappa shape index (κ2) is 13.8. The minimum Gasteiger partial charge on any atom is -0.494 e. The van der Waals surface area contributed by atoms with E-state index in [0.29, 0.717) is 12.3 Å². The largest absolute Gasteiger partial charge is 0.494 e. The third-order valence-corrected chi connectivity index (χ3v) is 8.52.